The first-order chi connectivity index (χ1) is 8.84. The zero-order chi connectivity index (χ0) is 14.5. The molecule has 1 rings (SSSR count). The normalized spacial score (nSPS) is 10.9. The van der Waals surface area contributed by atoms with Crippen LogP contribution in [0.25, 0.3) is 0 Å². The molecule has 0 saturated heterocycles. The molecule has 1 amide bonds. The van der Waals surface area contributed by atoms with Crippen LogP contribution in [-0.4, -0.2) is 41.0 Å². The van der Waals surface area contributed by atoms with Gasteiger partial charge in [0.2, 0.25) is 10.0 Å². The van der Waals surface area contributed by atoms with E-state index < -0.39 is 21.9 Å². The number of carbonyl (C=O) groups is 1. The lowest BCUT2D eigenvalue weighted by molar-refractivity contribution is 0.171. The summed E-state index contributed by atoms with van der Waals surface area (Å²) in [6.45, 7) is 0.0354. The minimum Gasteiger partial charge on any atom is -0.453 e. The topological polar surface area (TPSA) is 75.7 Å². The van der Waals surface area contributed by atoms with Crippen LogP contribution in [0.15, 0.2) is 24.3 Å². The molecule has 0 heterocycles. The molecule has 0 aliphatic rings. The van der Waals surface area contributed by atoms with Crippen LogP contribution in [0.2, 0.25) is 0 Å². The Morgan fingerprint density at radius 3 is 2.68 bits per heavy atom. The van der Waals surface area contributed by atoms with Gasteiger partial charge in [0.15, 0.2) is 0 Å². The highest BCUT2D eigenvalue weighted by Gasteiger charge is 2.17. The van der Waals surface area contributed by atoms with Gasteiger partial charge in [-0.1, -0.05) is 6.07 Å². The maximum absolute atomic E-state index is 13.1. The van der Waals surface area contributed by atoms with Crippen molar-refractivity contribution in [1.82, 2.24) is 5.32 Å². The number of nitrogens with zero attached hydrogens (tertiary/aromatic N) is 1. The average molecular weight is 290 g/mol. The summed E-state index contributed by atoms with van der Waals surface area (Å²) in [5.41, 5.74) is 0.203. The summed E-state index contributed by atoms with van der Waals surface area (Å²) in [7, 11) is -2.36. The van der Waals surface area contributed by atoms with Crippen molar-refractivity contribution >= 4 is 21.8 Å². The van der Waals surface area contributed by atoms with Gasteiger partial charge in [-0.05, 0) is 18.2 Å². The molecule has 0 aliphatic heterocycles. The third-order valence-corrected chi connectivity index (χ3v) is 3.46. The van der Waals surface area contributed by atoms with E-state index in [1.165, 1.54) is 25.3 Å². The van der Waals surface area contributed by atoms with E-state index >= 15 is 0 Å². The molecule has 0 unspecified atom stereocenters. The predicted molar refractivity (Wildman–Crippen MR) is 69.0 cm³/mol. The minimum atomic E-state index is -3.56. The van der Waals surface area contributed by atoms with Gasteiger partial charge in [0.05, 0.1) is 25.6 Å². The number of halogens is 1. The zero-order valence-corrected chi connectivity index (χ0v) is 11.4. The summed E-state index contributed by atoms with van der Waals surface area (Å²) < 4.78 is 41.8. The number of anilines is 1. The molecule has 0 saturated carbocycles. The Morgan fingerprint density at radius 1 is 1.47 bits per heavy atom. The van der Waals surface area contributed by atoms with Gasteiger partial charge in [0.25, 0.3) is 0 Å². The predicted octanol–water partition coefficient (Wildman–Crippen LogP) is 0.948. The highest BCUT2D eigenvalue weighted by molar-refractivity contribution is 7.92. The van der Waals surface area contributed by atoms with E-state index in [1.54, 1.807) is 0 Å². The molecule has 1 aromatic carbocycles. The Kier molecular flexibility index (Phi) is 5.11. The number of carbonyl (C=O) groups excluding carboxylic acids is 1. The van der Waals surface area contributed by atoms with Crippen LogP contribution >= 0.6 is 0 Å². The molecule has 19 heavy (non-hydrogen) atoms. The number of ether oxygens (including phenoxy) is 1. The van der Waals surface area contributed by atoms with Gasteiger partial charge in [-0.25, -0.2) is 17.6 Å². The maximum atomic E-state index is 13.1. The van der Waals surface area contributed by atoms with Crippen LogP contribution in [0.5, 0.6) is 0 Å². The Morgan fingerprint density at radius 2 is 2.16 bits per heavy atom. The van der Waals surface area contributed by atoms with Gasteiger partial charge in [-0.2, -0.15) is 0 Å². The number of amides is 1. The largest absolute Gasteiger partial charge is 0.453 e. The average Bonchev–Trinajstić information content (AvgIpc) is 2.32. The van der Waals surface area contributed by atoms with E-state index in [9.17, 15) is 17.6 Å². The monoisotopic (exact) mass is 290 g/mol. The first kappa shape index (κ1) is 15.2. The second-order valence-corrected chi connectivity index (χ2v) is 5.64. The number of hydrogen-bond donors (Lipinski definition) is 1. The smallest absolute Gasteiger partial charge is 0.406 e. The van der Waals surface area contributed by atoms with Gasteiger partial charge < -0.3 is 10.1 Å². The van der Waals surface area contributed by atoms with Gasteiger partial charge in [0.1, 0.15) is 5.82 Å². The van der Waals surface area contributed by atoms with Gasteiger partial charge in [-0.3, -0.25) is 4.31 Å². The first-order valence-corrected chi connectivity index (χ1v) is 7.24. The summed E-state index contributed by atoms with van der Waals surface area (Å²) in [5, 5.41) is 2.36. The third kappa shape index (κ3) is 4.74. The molecule has 0 bridgehead atoms. The van der Waals surface area contributed by atoms with E-state index in [0.717, 1.165) is 16.6 Å². The second-order valence-electron chi connectivity index (χ2n) is 3.73. The van der Waals surface area contributed by atoms with Crippen LogP contribution in [-0.2, 0) is 14.8 Å². The first-order valence-electron chi connectivity index (χ1n) is 5.39. The van der Waals surface area contributed by atoms with E-state index in [2.05, 4.69) is 10.1 Å². The molecule has 106 valence electrons. The molecule has 1 N–H and O–H groups in total. The fourth-order valence-corrected chi connectivity index (χ4v) is 2.37. The fourth-order valence-electron chi connectivity index (χ4n) is 1.45. The highest BCUT2D eigenvalue weighted by atomic mass is 32.2. The van der Waals surface area contributed by atoms with Gasteiger partial charge >= 0.3 is 6.09 Å². The van der Waals surface area contributed by atoms with E-state index in [-0.39, 0.29) is 18.8 Å². The van der Waals surface area contributed by atoms with Crippen molar-refractivity contribution in [3.63, 3.8) is 0 Å². The summed E-state index contributed by atoms with van der Waals surface area (Å²) in [6.07, 6.45) is 0.350. The molecule has 0 aromatic heterocycles. The number of nitrogens with one attached hydrogen (secondary N) is 1. The van der Waals surface area contributed by atoms with Crippen molar-refractivity contribution in [3.8, 4) is 0 Å². The van der Waals surface area contributed by atoms with Crippen molar-refractivity contribution in [2.75, 3.05) is 30.8 Å². The number of benzene rings is 1. The number of methoxy groups -OCH3 is 1. The number of rotatable bonds is 5. The summed E-state index contributed by atoms with van der Waals surface area (Å²) in [6, 6.07) is 5.22. The van der Waals surface area contributed by atoms with Crippen LogP contribution in [0.1, 0.15) is 0 Å². The van der Waals surface area contributed by atoms with E-state index in [0.29, 0.717) is 0 Å². The molecule has 0 atom stereocenters. The van der Waals surface area contributed by atoms with Gasteiger partial charge in [-0.15, -0.1) is 0 Å². The number of alkyl carbamates (subject to hydrolysis) is 1. The summed E-state index contributed by atoms with van der Waals surface area (Å²) >= 11 is 0. The Labute approximate surface area is 111 Å². The second kappa shape index (κ2) is 6.37. The number of hydrogen-bond acceptors (Lipinski definition) is 4. The van der Waals surface area contributed by atoms with E-state index in [4.69, 9.17) is 0 Å². The lowest BCUT2D eigenvalue weighted by Crippen LogP contribution is -2.38. The zero-order valence-electron chi connectivity index (χ0n) is 10.6. The third-order valence-electron chi connectivity index (χ3n) is 2.27. The molecule has 1 aromatic rings. The van der Waals surface area contributed by atoms with Crippen molar-refractivity contribution < 1.29 is 22.3 Å². The van der Waals surface area contributed by atoms with Crippen LogP contribution < -0.4 is 9.62 Å². The minimum absolute atomic E-state index is 0.0165. The molecule has 8 heteroatoms. The Hall–Kier alpha value is -1.83. The van der Waals surface area contributed by atoms with Crippen LogP contribution in [0, 0.1) is 5.82 Å². The van der Waals surface area contributed by atoms with Crippen molar-refractivity contribution in [2.24, 2.45) is 0 Å². The number of sulfonamides is 1. The van der Waals surface area contributed by atoms with Crippen molar-refractivity contribution in [1.29, 1.82) is 0 Å². The highest BCUT2D eigenvalue weighted by Crippen LogP contribution is 2.17. The summed E-state index contributed by atoms with van der Waals surface area (Å²) in [4.78, 5) is 10.9. The lowest BCUT2D eigenvalue weighted by Gasteiger charge is -2.22. The molecular formula is C11H15FN2O4S. The molecule has 6 nitrogen and oxygen atoms in total. The fraction of sp³-hybridized carbons (Fsp3) is 0.364. The van der Waals surface area contributed by atoms with Crippen LogP contribution in [0.3, 0.4) is 0 Å². The molecule has 0 spiro atoms. The Balaban J connectivity index is 2.83. The standard InChI is InChI=1S/C11H15FN2O4S/c1-18-11(15)13-6-7-14(19(2,16)17)10-5-3-4-9(12)8-10/h3-5,8H,6-7H2,1-2H3,(H,13,15). The van der Waals surface area contributed by atoms with E-state index in [1.807, 2.05) is 0 Å². The quantitative estimate of drug-likeness (QED) is 0.876. The summed E-state index contributed by atoms with van der Waals surface area (Å²) in [5.74, 6) is -0.535. The maximum Gasteiger partial charge on any atom is 0.406 e. The van der Waals surface area contributed by atoms with Crippen molar-refractivity contribution in [2.45, 2.75) is 0 Å². The Bertz CT molecular complexity index is 547. The lowest BCUT2D eigenvalue weighted by atomic mass is 10.3. The van der Waals surface area contributed by atoms with Crippen LogP contribution in [0.4, 0.5) is 14.9 Å². The SMILES string of the molecule is COC(=O)NCCN(c1cccc(F)c1)S(C)(=O)=O. The molecular weight excluding hydrogens is 275 g/mol. The molecule has 0 fully saturated rings. The van der Waals surface area contributed by atoms with Gasteiger partial charge in [0, 0.05) is 6.54 Å². The van der Waals surface area contributed by atoms with Crippen molar-refractivity contribution in [3.05, 3.63) is 30.1 Å². The molecule has 0 aliphatic carbocycles. The molecule has 0 radical (unpaired) electrons.